The van der Waals surface area contributed by atoms with Gasteiger partial charge in [0.05, 0.1) is 21.8 Å². The quantitative estimate of drug-likeness (QED) is 0.282. The molecule has 2 heterocycles. The summed E-state index contributed by atoms with van der Waals surface area (Å²) in [6.45, 7) is 3.83. The molecule has 0 unspecified atom stereocenters. The van der Waals surface area contributed by atoms with Crippen molar-refractivity contribution < 1.29 is 13.6 Å². The number of hydrogen-bond donors (Lipinski definition) is 0. The molecule has 37 heavy (non-hydrogen) atoms. The van der Waals surface area contributed by atoms with E-state index in [1.54, 1.807) is 60.7 Å². The summed E-state index contributed by atoms with van der Waals surface area (Å²) in [7, 11) is 0. The molecule has 0 fully saturated rings. The number of ether oxygens (including phenoxy) is 1. The Kier molecular flexibility index (Phi) is 5.38. The van der Waals surface area contributed by atoms with Crippen molar-refractivity contribution in [2.24, 2.45) is 0 Å². The van der Waals surface area contributed by atoms with Gasteiger partial charge in [-0.1, -0.05) is 23.3 Å². The van der Waals surface area contributed by atoms with Crippen LogP contribution in [-0.4, -0.2) is 9.97 Å². The maximum absolute atomic E-state index is 12.4. The number of rotatable bonds is 4. The van der Waals surface area contributed by atoms with Gasteiger partial charge in [-0.25, -0.2) is 19.6 Å². The summed E-state index contributed by atoms with van der Waals surface area (Å²) < 4.78 is 16.8. The van der Waals surface area contributed by atoms with Crippen LogP contribution in [0.5, 0.6) is 11.5 Å². The Morgan fingerprint density at radius 2 is 0.973 bits per heavy atom. The molecule has 0 atom stereocenters. The summed E-state index contributed by atoms with van der Waals surface area (Å²) in [5.74, 6) is 1.69. The van der Waals surface area contributed by atoms with Crippen molar-refractivity contribution in [2.75, 3.05) is 0 Å². The molecular formula is C30H20N2O5. The van der Waals surface area contributed by atoms with Gasteiger partial charge in [0.2, 0.25) is 11.8 Å². The average Bonchev–Trinajstić information content (AvgIpc) is 2.90. The van der Waals surface area contributed by atoms with Crippen molar-refractivity contribution in [2.45, 2.75) is 13.8 Å². The molecule has 4 aromatic carbocycles. The predicted molar refractivity (Wildman–Crippen MR) is 141 cm³/mol. The van der Waals surface area contributed by atoms with Gasteiger partial charge in [0.25, 0.3) is 0 Å². The fourth-order valence-corrected chi connectivity index (χ4v) is 4.09. The molecule has 6 rings (SSSR count). The van der Waals surface area contributed by atoms with Crippen LogP contribution in [0.15, 0.2) is 103 Å². The minimum absolute atomic E-state index is 0.247. The third-order valence-electron chi connectivity index (χ3n) is 6.00. The van der Waals surface area contributed by atoms with Gasteiger partial charge in [0.15, 0.2) is 0 Å². The number of aryl methyl sites for hydroxylation is 2. The van der Waals surface area contributed by atoms with E-state index in [2.05, 4.69) is 9.97 Å². The highest BCUT2D eigenvalue weighted by molar-refractivity contribution is 5.80. The SMILES string of the molecule is Cc1ccc2nc(-c3ccc(Oc4ccc(-c5nc6ccc(C)cc6c(=O)o5)cc4)cc3)oc(=O)c2c1. The van der Waals surface area contributed by atoms with E-state index in [4.69, 9.17) is 13.6 Å². The topological polar surface area (TPSA) is 95.4 Å². The largest absolute Gasteiger partial charge is 0.457 e. The first-order valence-electron chi connectivity index (χ1n) is 11.6. The molecule has 180 valence electrons. The second-order valence-electron chi connectivity index (χ2n) is 8.80. The number of nitrogens with zero attached hydrogens (tertiary/aromatic N) is 2. The average molecular weight is 488 g/mol. The maximum Gasteiger partial charge on any atom is 0.347 e. The molecule has 0 radical (unpaired) electrons. The third kappa shape index (κ3) is 4.38. The fraction of sp³-hybridized carbons (Fsp3) is 0.0667. The van der Waals surface area contributed by atoms with Crippen LogP contribution in [0.4, 0.5) is 0 Å². The summed E-state index contributed by atoms with van der Waals surface area (Å²) in [4.78, 5) is 33.8. The van der Waals surface area contributed by atoms with Crippen molar-refractivity contribution in [1.82, 2.24) is 9.97 Å². The van der Waals surface area contributed by atoms with Crippen LogP contribution in [0.1, 0.15) is 11.1 Å². The highest BCUT2D eigenvalue weighted by Crippen LogP contribution is 2.28. The second-order valence-corrected chi connectivity index (χ2v) is 8.80. The lowest BCUT2D eigenvalue weighted by atomic mass is 10.1. The molecule has 0 saturated carbocycles. The lowest BCUT2D eigenvalue weighted by molar-refractivity contribution is 0.482. The summed E-state index contributed by atoms with van der Waals surface area (Å²) in [6.07, 6.45) is 0. The smallest absolute Gasteiger partial charge is 0.347 e. The molecule has 7 heteroatoms. The van der Waals surface area contributed by atoms with Crippen molar-refractivity contribution in [3.63, 3.8) is 0 Å². The zero-order chi connectivity index (χ0) is 25.5. The van der Waals surface area contributed by atoms with Gasteiger partial charge in [0.1, 0.15) is 11.5 Å². The maximum atomic E-state index is 12.4. The number of hydrogen-bond acceptors (Lipinski definition) is 7. The first kappa shape index (κ1) is 22.4. The van der Waals surface area contributed by atoms with Crippen LogP contribution in [0.2, 0.25) is 0 Å². The van der Waals surface area contributed by atoms with Gasteiger partial charge in [-0.15, -0.1) is 0 Å². The van der Waals surface area contributed by atoms with Crippen molar-refractivity contribution >= 4 is 21.8 Å². The highest BCUT2D eigenvalue weighted by atomic mass is 16.5. The molecule has 0 spiro atoms. The van der Waals surface area contributed by atoms with Crippen LogP contribution in [0, 0.1) is 13.8 Å². The van der Waals surface area contributed by atoms with Crippen molar-refractivity contribution in [3.05, 3.63) is 117 Å². The van der Waals surface area contributed by atoms with Crippen LogP contribution in [0.25, 0.3) is 44.7 Å². The van der Waals surface area contributed by atoms with Crippen molar-refractivity contribution in [1.29, 1.82) is 0 Å². The molecule has 0 N–H and O–H groups in total. The summed E-state index contributed by atoms with van der Waals surface area (Å²) in [5, 5.41) is 0.917. The Morgan fingerprint density at radius 3 is 1.38 bits per heavy atom. The second kappa shape index (κ2) is 8.87. The van der Waals surface area contributed by atoms with Gasteiger partial charge in [-0.3, -0.25) is 0 Å². The van der Waals surface area contributed by atoms with Gasteiger partial charge < -0.3 is 13.6 Å². The van der Waals surface area contributed by atoms with Crippen LogP contribution < -0.4 is 16.0 Å². The lowest BCUT2D eigenvalue weighted by Gasteiger charge is -2.08. The van der Waals surface area contributed by atoms with Gasteiger partial charge in [-0.2, -0.15) is 0 Å². The zero-order valence-corrected chi connectivity index (χ0v) is 20.0. The molecule has 6 aromatic rings. The molecule has 0 aliphatic rings. The van der Waals surface area contributed by atoms with E-state index in [1.807, 2.05) is 38.1 Å². The van der Waals surface area contributed by atoms with Gasteiger partial charge in [-0.05, 0) is 86.6 Å². The van der Waals surface area contributed by atoms with Gasteiger partial charge >= 0.3 is 11.3 Å². The zero-order valence-electron chi connectivity index (χ0n) is 20.0. The van der Waals surface area contributed by atoms with E-state index in [9.17, 15) is 9.59 Å². The molecule has 0 amide bonds. The van der Waals surface area contributed by atoms with Crippen LogP contribution >= 0.6 is 0 Å². The predicted octanol–water partition coefficient (Wildman–Crippen LogP) is 6.43. The van der Waals surface area contributed by atoms with E-state index < -0.39 is 11.3 Å². The molecule has 0 aliphatic carbocycles. The summed E-state index contributed by atoms with van der Waals surface area (Å²) >= 11 is 0. The molecule has 0 aliphatic heterocycles. The molecule has 2 aromatic heterocycles. The third-order valence-corrected chi connectivity index (χ3v) is 6.00. The van der Waals surface area contributed by atoms with E-state index >= 15 is 0 Å². The van der Waals surface area contributed by atoms with Gasteiger partial charge in [0, 0.05) is 11.1 Å². The first-order valence-corrected chi connectivity index (χ1v) is 11.6. The summed E-state index contributed by atoms with van der Waals surface area (Å²) in [5.41, 5.74) is 3.60. The Bertz CT molecular complexity index is 1760. The number of benzene rings is 4. The van der Waals surface area contributed by atoms with Crippen molar-refractivity contribution in [3.8, 4) is 34.4 Å². The first-order chi connectivity index (χ1) is 17.9. The lowest BCUT2D eigenvalue weighted by Crippen LogP contribution is -2.03. The number of aromatic nitrogens is 2. The highest BCUT2D eigenvalue weighted by Gasteiger charge is 2.11. The minimum Gasteiger partial charge on any atom is -0.457 e. The molecule has 0 bridgehead atoms. The molecule has 0 saturated heterocycles. The van der Waals surface area contributed by atoms with Crippen LogP contribution in [-0.2, 0) is 0 Å². The molecular weight excluding hydrogens is 468 g/mol. The Labute approximate surface area is 210 Å². The normalized spacial score (nSPS) is 11.2. The number of fused-ring (bicyclic) bond motifs is 2. The fourth-order valence-electron chi connectivity index (χ4n) is 4.09. The Hall–Kier alpha value is -5.04. The van der Waals surface area contributed by atoms with E-state index in [1.165, 1.54) is 0 Å². The minimum atomic E-state index is -0.420. The standard InChI is InChI=1S/C30H20N2O5/c1-17-3-13-25-23(15-17)29(33)36-27(31-25)19-5-9-21(10-6-19)35-22-11-7-20(8-12-22)28-32-26-14-4-18(2)16-24(26)30(34)37-28/h3-16H,1-2H3. The van der Waals surface area contributed by atoms with E-state index in [0.29, 0.717) is 44.4 Å². The Morgan fingerprint density at radius 1 is 0.568 bits per heavy atom. The Balaban J connectivity index is 1.22. The summed E-state index contributed by atoms with van der Waals surface area (Å²) in [6, 6.07) is 25.2. The van der Waals surface area contributed by atoms with Crippen LogP contribution in [0.3, 0.4) is 0 Å². The van der Waals surface area contributed by atoms with E-state index in [0.717, 1.165) is 11.1 Å². The monoisotopic (exact) mass is 488 g/mol. The van der Waals surface area contributed by atoms with E-state index in [-0.39, 0.29) is 11.8 Å². The molecule has 7 nitrogen and oxygen atoms in total.